The van der Waals surface area contributed by atoms with Crippen molar-refractivity contribution in [3.8, 4) is 0 Å². The molecule has 0 fully saturated rings. The third kappa shape index (κ3) is 2.16. The highest BCUT2D eigenvalue weighted by molar-refractivity contribution is 8.08. The van der Waals surface area contributed by atoms with Crippen molar-refractivity contribution in [1.82, 2.24) is 0 Å². The highest BCUT2D eigenvalue weighted by atomic mass is 32.3. The molecule has 0 aromatic heterocycles. The van der Waals surface area contributed by atoms with Gasteiger partial charge in [0.05, 0.1) is 5.25 Å². The van der Waals surface area contributed by atoms with Crippen LogP contribution in [0.5, 0.6) is 0 Å². The summed E-state index contributed by atoms with van der Waals surface area (Å²) in [6.45, 7) is 4.45. The maximum Gasteiger partial charge on any atom is 0.335 e. The predicted molar refractivity (Wildman–Crippen MR) is 54.3 cm³/mol. The van der Waals surface area contributed by atoms with Gasteiger partial charge in [0.1, 0.15) is 0 Å². The van der Waals surface area contributed by atoms with Crippen LogP contribution >= 0.6 is 0 Å². The van der Waals surface area contributed by atoms with Crippen LogP contribution in [0.15, 0.2) is 0 Å². The average molecular weight is 262 g/mol. The van der Waals surface area contributed by atoms with Crippen LogP contribution in [0.2, 0.25) is 0 Å². The second-order valence-corrected chi connectivity index (χ2v) is 8.24. The Kier molecular flexibility index (Phi) is 3.93. The molecule has 0 aromatic carbocycles. The molecule has 0 aromatic rings. The van der Waals surface area contributed by atoms with Gasteiger partial charge in [-0.05, 0) is 13.8 Å². The largest absolute Gasteiger partial charge is 0.335 e. The second kappa shape index (κ2) is 3.99. The number of hydrogen-bond donors (Lipinski definition) is 1. The second-order valence-electron chi connectivity index (χ2n) is 3.81. The van der Waals surface area contributed by atoms with Gasteiger partial charge in [0.2, 0.25) is 9.84 Å². The van der Waals surface area contributed by atoms with Crippen molar-refractivity contribution in [1.29, 1.82) is 0 Å². The van der Waals surface area contributed by atoms with E-state index in [0.717, 1.165) is 27.7 Å². The fourth-order valence-corrected chi connectivity index (χ4v) is 4.74. The molecule has 0 saturated heterocycles. The third-order valence-electron chi connectivity index (χ3n) is 2.05. The van der Waals surface area contributed by atoms with E-state index in [9.17, 15) is 21.2 Å². The topological polar surface area (TPSA) is 88.5 Å². The van der Waals surface area contributed by atoms with E-state index in [1.165, 1.54) is 0 Å². The first-order chi connectivity index (χ1) is 6.39. The molecule has 0 amide bonds. The zero-order chi connectivity index (χ0) is 12.7. The van der Waals surface area contributed by atoms with Gasteiger partial charge in [0, 0.05) is 5.92 Å². The van der Waals surface area contributed by atoms with Gasteiger partial charge in [-0.2, -0.15) is 8.42 Å². The van der Waals surface area contributed by atoms with Gasteiger partial charge in [0.15, 0.2) is 0 Å². The number of alkyl halides is 1. The maximum absolute atomic E-state index is 14.0. The Labute approximate surface area is 89.3 Å². The van der Waals surface area contributed by atoms with Crippen molar-refractivity contribution in [2.45, 2.75) is 37.3 Å². The van der Waals surface area contributed by atoms with Crippen LogP contribution in [0.25, 0.3) is 0 Å². The normalized spacial score (nSPS) is 18.1. The monoisotopic (exact) mass is 262 g/mol. The molecular formula is C7H15FO5S2. The van der Waals surface area contributed by atoms with E-state index in [-0.39, 0.29) is 0 Å². The van der Waals surface area contributed by atoms with Crippen molar-refractivity contribution < 1.29 is 25.8 Å². The summed E-state index contributed by atoms with van der Waals surface area (Å²) in [6, 6.07) is 0. The van der Waals surface area contributed by atoms with Gasteiger partial charge in [-0.3, -0.25) is 4.55 Å². The summed E-state index contributed by atoms with van der Waals surface area (Å²) in [5, 5.41) is -1.23. The summed E-state index contributed by atoms with van der Waals surface area (Å²) in [4.78, 5) is 0. The molecule has 5 nitrogen and oxygen atoms in total. The highest BCUT2D eigenvalue weighted by Crippen LogP contribution is 2.36. The van der Waals surface area contributed by atoms with Gasteiger partial charge >= 0.3 is 14.5 Å². The lowest BCUT2D eigenvalue weighted by molar-refractivity contribution is 0.260. The van der Waals surface area contributed by atoms with E-state index < -0.39 is 35.5 Å². The molecule has 0 bridgehead atoms. The fraction of sp³-hybridized carbons (Fsp3) is 1.00. The summed E-state index contributed by atoms with van der Waals surface area (Å²) in [7, 11) is -9.92. The van der Waals surface area contributed by atoms with E-state index in [0.29, 0.717) is 0 Å². The Morgan fingerprint density at radius 3 is 1.47 bits per heavy atom. The quantitative estimate of drug-likeness (QED) is 0.763. The standard InChI is InChI=1S/C7H15FO5S2/c1-5(2)7(8,15(11,12)13)14(9,10)6(3)4/h5-6H,1-4H3,(H,11,12,13). The van der Waals surface area contributed by atoms with Gasteiger partial charge < -0.3 is 0 Å². The number of halogens is 1. The van der Waals surface area contributed by atoms with Crippen LogP contribution < -0.4 is 0 Å². The van der Waals surface area contributed by atoms with E-state index in [4.69, 9.17) is 4.55 Å². The van der Waals surface area contributed by atoms with Crippen LogP contribution in [0.3, 0.4) is 0 Å². The van der Waals surface area contributed by atoms with Crippen LogP contribution in [-0.2, 0) is 20.0 Å². The minimum atomic E-state index is -5.32. The summed E-state index contributed by atoms with van der Waals surface area (Å²) in [6.07, 6.45) is 0. The predicted octanol–water partition coefficient (Wildman–Crippen LogP) is 0.977. The number of rotatable bonds is 4. The lowest BCUT2D eigenvalue weighted by Crippen LogP contribution is -2.49. The molecule has 0 heterocycles. The molecule has 1 unspecified atom stereocenters. The van der Waals surface area contributed by atoms with E-state index >= 15 is 0 Å². The Balaban J connectivity index is 6.00. The highest BCUT2D eigenvalue weighted by Gasteiger charge is 2.59. The molecule has 0 radical (unpaired) electrons. The summed E-state index contributed by atoms with van der Waals surface area (Å²) in [5.74, 6) is -1.39. The summed E-state index contributed by atoms with van der Waals surface area (Å²) in [5.41, 5.74) is 0. The molecule has 1 N–H and O–H groups in total. The molecular weight excluding hydrogens is 247 g/mol. The fourth-order valence-electron chi connectivity index (χ4n) is 1.09. The van der Waals surface area contributed by atoms with Crippen molar-refractivity contribution >= 4 is 20.0 Å². The Morgan fingerprint density at radius 1 is 1.07 bits per heavy atom. The molecule has 92 valence electrons. The first-order valence-electron chi connectivity index (χ1n) is 4.28. The number of sulfone groups is 1. The Morgan fingerprint density at radius 2 is 1.40 bits per heavy atom. The van der Waals surface area contributed by atoms with Crippen LogP contribution in [0.1, 0.15) is 27.7 Å². The summed E-state index contributed by atoms with van der Waals surface area (Å²) >= 11 is 0. The molecule has 0 rings (SSSR count). The lowest BCUT2D eigenvalue weighted by Gasteiger charge is -2.27. The summed E-state index contributed by atoms with van der Waals surface area (Å²) < 4.78 is 63.8. The molecule has 0 aliphatic heterocycles. The van der Waals surface area contributed by atoms with Crippen LogP contribution in [-0.4, -0.2) is 31.0 Å². The molecule has 8 heteroatoms. The third-order valence-corrected chi connectivity index (χ3v) is 7.04. The van der Waals surface area contributed by atoms with Crippen LogP contribution in [0.4, 0.5) is 4.39 Å². The maximum atomic E-state index is 14.0. The lowest BCUT2D eigenvalue weighted by atomic mass is 10.2. The molecule has 1 atom stereocenters. The zero-order valence-corrected chi connectivity index (χ0v) is 10.6. The smallest absolute Gasteiger partial charge is 0.282 e. The molecule has 0 spiro atoms. The van der Waals surface area contributed by atoms with Crippen molar-refractivity contribution in [3.05, 3.63) is 0 Å². The van der Waals surface area contributed by atoms with Gasteiger partial charge in [-0.1, -0.05) is 13.8 Å². The Hall–Kier alpha value is -0.210. The Bertz CT molecular complexity index is 422. The molecule has 0 saturated carbocycles. The minimum absolute atomic E-state index is 1.08. The minimum Gasteiger partial charge on any atom is -0.282 e. The van der Waals surface area contributed by atoms with E-state index in [2.05, 4.69) is 0 Å². The van der Waals surface area contributed by atoms with E-state index in [1.54, 1.807) is 0 Å². The van der Waals surface area contributed by atoms with Crippen molar-refractivity contribution in [2.75, 3.05) is 0 Å². The van der Waals surface area contributed by atoms with Gasteiger partial charge in [-0.25, -0.2) is 12.8 Å². The number of hydrogen-bond acceptors (Lipinski definition) is 4. The first kappa shape index (κ1) is 14.8. The molecule has 0 aliphatic rings. The van der Waals surface area contributed by atoms with Crippen molar-refractivity contribution in [3.63, 3.8) is 0 Å². The van der Waals surface area contributed by atoms with Gasteiger partial charge in [0.25, 0.3) is 0 Å². The molecule has 0 aliphatic carbocycles. The molecule has 15 heavy (non-hydrogen) atoms. The SMILES string of the molecule is CC(C)C(F)(S(=O)(=O)O)S(=O)(=O)C(C)C. The average Bonchev–Trinajstić information content (AvgIpc) is 1.99. The van der Waals surface area contributed by atoms with Crippen molar-refractivity contribution in [2.24, 2.45) is 5.92 Å². The first-order valence-corrected chi connectivity index (χ1v) is 7.27. The van der Waals surface area contributed by atoms with Gasteiger partial charge in [-0.15, -0.1) is 0 Å². The van der Waals surface area contributed by atoms with E-state index in [1.807, 2.05) is 0 Å². The zero-order valence-electron chi connectivity index (χ0n) is 8.93. The van der Waals surface area contributed by atoms with Crippen LogP contribution in [0, 0.1) is 5.92 Å².